The highest BCUT2D eigenvalue weighted by molar-refractivity contribution is 6.24. The lowest BCUT2D eigenvalue weighted by Crippen LogP contribution is -2.65. The Hall–Kier alpha value is -3.41. The SMILES string of the molecule is COc1c([C@@H]2CCCN2C)cc(O)c2c1C[C@H]1C[C@H]3[C@H](N(C)C)C(=O)C(C(N)=O)=C(O)[C@@]3(O)C(=O)C1=C2O. The first-order chi connectivity index (χ1) is 17.9. The van der Waals surface area contributed by atoms with Crippen LogP contribution in [0.15, 0.2) is 23.0 Å². The van der Waals surface area contributed by atoms with Crippen molar-refractivity contribution < 1.29 is 39.5 Å². The van der Waals surface area contributed by atoms with Gasteiger partial charge in [-0.3, -0.25) is 24.2 Å². The Bertz CT molecular complexity index is 1330. The molecule has 38 heavy (non-hydrogen) atoms. The maximum atomic E-state index is 13.9. The van der Waals surface area contributed by atoms with Crippen molar-refractivity contribution in [2.24, 2.45) is 17.6 Å². The summed E-state index contributed by atoms with van der Waals surface area (Å²) in [6.07, 6.45) is 2.08. The topological polar surface area (TPSA) is 174 Å². The Balaban J connectivity index is 1.72. The number of benzene rings is 1. The first-order valence-corrected chi connectivity index (χ1v) is 12.6. The Labute approximate surface area is 219 Å². The van der Waals surface area contributed by atoms with Gasteiger partial charge in [-0.15, -0.1) is 0 Å². The molecule has 1 aromatic rings. The van der Waals surface area contributed by atoms with Crippen molar-refractivity contribution in [3.63, 3.8) is 0 Å². The number of Topliss-reactive ketones (excluding diaryl/α,β-unsaturated/α-hetero) is 2. The van der Waals surface area contributed by atoms with Crippen LogP contribution in [0.3, 0.4) is 0 Å². The smallest absolute Gasteiger partial charge is 0.255 e. The van der Waals surface area contributed by atoms with E-state index in [1.54, 1.807) is 14.1 Å². The Morgan fingerprint density at radius 2 is 1.92 bits per heavy atom. The number of amides is 1. The number of hydrogen-bond acceptors (Lipinski definition) is 10. The number of nitrogens with zero attached hydrogens (tertiary/aromatic N) is 2. The molecule has 6 N–H and O–H groups in total. The molecule has 11 heteroatoms. The molecular formula is C27H33N3O8. The number of carbonyl (C=O) groups excluding carboxylic acids is 3. The number of rotatable bonds is 4. The van der Waals surface area contributed by atoms with Crippen molar-refractivity contribution in [1.82, 2.24) is 9.80 Å². The molecule has 1 aromatic carbocycles. The van der Waals surface area contributed by atoms with Crippen LogP contribution in [-0.2, 0) is 20.8 Å². The normalized spacial score (nSPS) is 31.4. The van der Waals surface area contributed by atoms with E-state index in [9.17, 15) is 34.8 Å². The Kier molecular flexibility index (Phi) is 6.08. The van der Waals surface area contributed by atoms with Crippen LogP contribution in [0, 0.1) is 11.8 Å². The van der Waals surface area contributed by atoms with E-state index in [0.717, 1.165) is 24.9 Å². The molecule has 1 saturated carbocycles. The lowest BCUT2D eigenvalue weighted by atomic mass is 9.57. The highest BCUT2D eigenvalue weighted by Gasteiger charge is 2.64. The van der Waals surface area contributed by atoms with Crippen LogP contribution in [0.2, 0.25) is 0 Å². The second-order valence-corrected chi connectivity index (χ2v) is 11.0. The number of primary amides is 1. The predicted octanol–water partition coefficient (Wildman–Crippen LogP) is 0.739. The van der Waals surface area contributed by atoms with Gasteiger partial charge in [-0.25, -0.2) is 0 Å². The summed E-state index contributed by atoms with van der Waals surface area (Å²) in [6, 6.07) is 0.423. The summed E-state index contributed by atoms with van der Waals surface area (Å²) in [6.45, 7) is 0.891. The van der Waals surface area contributed by atoms with Gasteiger partial charge in [0.2, 0.25) is 5.78 Å². The van der Waals surface area contributed by atoms with Gasteiger partial charge in [-0.05, 0) is 65.4 Å². The lowest BCUT2D eigenvalue weighted by Gasteiger charge is -2.50. The molecular weight excluding hydrogens is 494 g/mol. The van der Waals surface area contributed by atoms with Crippen molar-refractivity contribution in [1.29, 1.82) is 0 Å². The van der Waals surface area contributed by atoms with E-state index >= 15 is 0 Å². The van der Waals surface area contributed by atoms with Gasteiger partial charge < -0.3 is 30.9 Å². The molecule has 11 nitrogen and oxygen atoms in total. The Morgan fingerprint density at radius 1 is 1.24 bits per heavy atom. The van der Waals surface area contributed by atoms with E-state index in [4.69, 9.17) is 10.5 Å². The van der Waals surface area contributed by atoms with Crippen LogP contribution in [0.5, 0.6) is 11.5 Å². The molecule has 1 amide bonds. The third kappa shape index (κ3) is 3.35. The third-order valence-electron chi connectivity index (χ3n) is 8.78. The highest BCUT2D eigenvalue weighted by Crippen LogP contribution is 2.55. The van der Waals surface area contributed by atoms with Crippen LogP contribution in [0.4, 0.5) is 0 Å². The molecule has 204 valence electrons. The molecule has 5 atom stereocenters. The number of hydrogen-bond donors (Lipinski definition) is 5. The van der Waals surface area contributed by atoms with Gasteiger partial charge in [0.25, 0.3) is 5.91 Å². The van der Waals surface area contributed by atoms with E-state index in [1.165, 1.54) is 18.1 Å². The quantitative estimate of drug-likeness (QED) is 0.351. The molecule has 0 aromatic heterocycles. The van der Waals surface area contributed by atoms with Crippen LogP contribution in [0.1, 0.15) is 42.0 Å². The third-order valence-corrected chi connectivity index (χ3v) is 8.78. The van der Waals surface area contributed by atoms with Crippen molar-refractivity contribution in [2.75, 3.05) is 34.8 Å². The molecule has 0 spiro atoms. The maximum absolute atomic E-state index is 13.9. The van der Waals surface area contributed by atoms with Gasteiger partial charge in [0.1, 0.15) is 28.6 Å². The zero-order valence-corrected chi connectivity index (χ0v) is 21.8. The number of ketones is 2. The molecule has 1 heterocycles. The van der Waals surface area contributed by atoms with Crippen molar-refractivity contribution in [3.05, 3.63) is 39.7 Å². The molecule has 1 aliphatic heterocycles. The standard InChI is InChI=1S/C27H33N3O8/c1-29(2)20-14-9-11-8-13-18(16(31)10-12(23(13)38-4)15-6-5-7-30(15)3)21(32)17(11)24(34)27(14,37)25(35)19(22(20)33)26(28)36/h10-11,14-15,20,31-32,35,37H,5-9H2,1-4H3,(H2,28,36)/t11-,14-,15-,20-,27-/m0/s1. The number of aliphatic hydroxyl groups is 3. The molecule has 0 unspecified atom stereocenters. The number of methoxy groups -OCH3 is 1. The Morgan fingerprint density at radius 3 is 2.47 bits per heavy atom. The molecule has 0 radical (unpaired) electrons. The fourth-order valence-electron chi connectivity index (χ4n) is 7.11. The fraction of sp³-hybridized carbons (Fsp3) is 0.519. The molecule has 4 aliphatic rings. The summed E-state index contributed by atoms with van der Waals surface area (Å²) in [5.74, 6) is -6.19. The predicted molar refractivity (Wildman–Crippen MR) is 135 cm³/mol. The van der Waals surface area contributed by atoms with Gasteiger partial charge in [0.05, 0.1) is 18.7 Å². The van der Waals surface area contributed by atoms with Gasteiger partial charge in [0, 0.05) is 28.7 Å². The molecule has 0 bridgehead atoms. The van der Waals surface area contributed by atoms with Gasteiger partial charge in [0.15, 0.2) is 11.4 Å². The minimum absolute atomic E-state index is 0.00939. The van der Waals surface area contributed by atoms with Gasteiger partial charge in [-0.1, -0.05) is 0 Å². The van der Waals surface area contributed by atoms with E-state index in [2.05, 4.69) is 4.90 Å². The number of aliphatic hydroxyl groups excluding tert-OH is 2. The van der Waals surface area contributed by atoms with Crippen molar-refractivity contribution in [3.8, 4) is 11.5 Å². The number of aromatic hydroxyl groups is 1. The van der Waals surface area contributed by atoms with E-state index < -0.39 is 58.0 Å². The maximum Gasteiger partial charge on any atom is 0.255 e. The molecule has 3 aliphatic carbocycles. The number of likely N-dealkylation sites (tertiary alicyclic amines) is 1. The lowest BCUT2D eigenvalue weighted by molar-refractivity contribution is -0.153. The van der Waals surface area contributed by atoms with E-state index in [1.807, 2.05) is 7.05 Å². The molecule has 2 fully saturated rings. The highest BCUT2D eigenvalue weighted by atomic mass is 16.5. The zero-order chi connectivity index (χ0) is 27.8. The van der Waals surface area contributed by atoms with E-state index in [-0.39, 0.29) is 35.8 Å². The summed E-state index contributed by atoms with van der Waals surface area (Å²) in [7, 11) is 6.64. The van der Waals surface area contributed by atoms with Gasteiger partial charge in [-0.2, -0.15) is 0 Å². The zero-order valence-electron chi connectivity index (χ0n) is 21.8. The second-order valence-electron chi connectivity index (χ2n) is 11.0. The van der Waals surface area contributed by atoms with Gasteiger partial charge >= 0.3 is 0 Å². The number of ether oxygens (including phenoxy) is 1. The van der Waals surface area contributed by atoms with Crippen LogP contribution >= 0.6 is 0 Å². The minimum Gasteiger partial charge on any atom is -0.508 e. The van der Waals surface area contributed by atoms with Crippen LogP contribution in [-0.4, -0.2) is 94.1 Å². The summed E-state index contributed by atoms with van der Waals surface area (Å²) in [5, 5.41) is 45.0. The van der Waals surface area contributed by atoms with Crippen LogP contribution < -0.4 is 10.5 Å². The largest absolute Gasteiger partial charge is 0.508 e. The number of carbonyl (C=O) groups is 3. The van der Waals surface area contributed by atoms with Crippen molar-refractivity contribution >= 4 is 23.2 Å². The first-order valence-electron chi connectivity index (χ1n) is 12.6. The molecule has 1 saturated heterocycles. The number of phenols is 1. The summed E-state index contributed by atoms with van der Waals surface area (Å²) >= 11 is 0. The second kappa shape index (κ2) is 8.82. The number of phenolic OH excluding ortho intramolecular Hbond substituents is 1. The fourth-order valence-corrected chi connectivity index (χ4v) is 7.11. The molecule has 5 rings (SSSR count). The van der Waals surface area contributed by atoms with Crippen LogP contribution in [0.25, 0.3) is 5.76 Å². The van der Waals surface area contributed by atoms with E-state index in [0.29, 0.717) is 11.3 Å². The van der Waals surface area contributed by atoms with Crippen molar-refractivity contribution in [2.45, 2.75) is 43.4 Å². The summed E-state index contributed by atoms with van der Waals surface area (Å²) < 4.78 is 5.81. The monoisotopic (exact) mass is 527 g/mol. The summed E-state index contributed by atoms with van der Waals surface area (Å²) in [4.78, 5) is 42.9. The summed E-state index contributed by atoms with van der Waals surface area (Å²) in [5.41, 5.74) is 3.04. The average Bonchev–Trinajstić information content (AvgIpc) is 3.26. The first kappa shape index (κ1) is 26.2. The number of fused-ring (bicyclic) bond motifs is 3. The minimum atomic E-state index is -2.66. The number of nitrogens with two attached hydrogens (primary N) is 1. The number of likely N-dealkylation sites (N-methyl/N-ethyl adjacent to an activating group) is 1. The average molecular weight is 528 g/mol.